The summed E-state index contributed by atoms with van der Waals surface area (Å²) in [4.78, 5) is 20.8. The average Bonchev–Trinajstić information content (AvgIpc) is 3.01. The molecule has 3 rings (SSSR count). The Kier molecular flexibility index (Phi) is 3.70. The number of aryl methyl sites for hydroxylation is 2. The van der Waals surface area contributed by atoms with Crippen LogP contribution in [0.1, 0.15) is 16.5 Å². The first-order chi connectivity index (χ1) is 10.1. The number of aromatic nitrogens is 3. The van der Waals surface area contributed by atoms with E-state index in [-0.39, 0.29) is 5.91 Å². The van der Waals surface area contributed by atoms with E-state index >= 15 is 0 Å². The molecule has 0 spiro atoms. The Bertz CT molecular complexity index is 790. The third-order valence-corrected chi connectivity index (χ3v) is 4.15. The van der Waals surface area contributed by atoms with Gasteiger partial charge in [-0.25, -0.2) is 9.97 Å². The molecule has 2 heterocycles. The van der Waals surface area contributed by atoms with Gasteiger partial charge in [-0.2, -0.15) is 0 Å². The zero-order chi connectivity index (χ0) is 14.8. The molecular formula is C15H16N4OS. The molecule has 1 amide bonds. The van der Waals surface area contributed by atoms with Gasteiger partial charge in [0.15, 0.2) is 0 Å². The van der Waals surface area contributed by atoms with Gasteiger partial charge in [-0.15, -0.1) is 11.3 Å². The zero-order valence-corrected chi connectivity index (χ0v) is 12.8. The van der Waals surface area contributed by atoms with E-state index in [4.69, 9.17) is 0 Å². The lowest BCUT2D eigenvalue weighted by atomic mass is 10.3. The first kappa shape index (κ1) is 13.8. The molecule has 0 saturated carbocycles. The van der Waals surface area contributed by atoms with Crippen molar-refractivity contribution in [3.05, 3.63) is 46.2 Å². The van der Waals surface area contributed by atoms with Crippen molar-refractivity contribution in [2.75, 3.05) is 0 Å². The van der Waals surface area contributed by atoms with Crippen LogP contribution in [0.2, 0.25) is 0 Å². The van der Waals surface area contributed by atoms with Crippen LogP contribution in [0.15, 0.2) is 29.6 Å². The van der Waals surface area contributed by atoms with Crippen molar-refractivity contribution in [2.24, 2.45) is 7.05 Å². The number of amides is 1. The second-order valence-corrected chi connectivity index (χ2v) is 5.95. The molecule has 1 aromatic carbocycles. The van der Waals surface area contributed by atoms with E-state index in [0.717, 1.165) is 27.6 Å². The lowest BCUT2D eigenvalue weighted by Gasteiger charge is -2.04. The molecule has 0 fully saturated rings. The van der Waals surface area contributed by atoms with Gasteiger partial charge < -0.3 is 9.88 Å². The molecule has 0 aliphatic rings. The number of imidazole rings is 1. The van der Waals surface area contributed by atoms with Crippen LogP contribution >= 0.6 is 11.3 Å². The molecule has 0 atom stereocenters. The van der Waals surface area contributed by atoms with Crippen LogP contribution in [-0.4, -0.2) is 20.4 Å². The van der Waals surface area contributed by atoms with Crippen LogP contribution in [0, 0.1) is 6.92 Å². The Hall–Kier alpha value is -2.21. The standard InChI is InChI=1S/C15H16N4OS/c1-10-17-11(9-21-10)7-15(20)16-8-14-18-12-5-3-4-6-13(12)19(14)2/h3-6,9H,7-8H2,1-2H3,(H,16,20). The number of nitrogens with one attached hydrogen (secondary N) is 1. The number of hydrogen-bond acceptors (Lipinski definition) is 4. The molecule has 0 radical (unpaired) electrons. The Balaban J connectivity index is 1.66. The number of carbonyl (C=O) groups excluding carboxylic acids is 1. The van der Waals surface area contributed by atoms with Gasteiger partial charge in [0.2, 0.25) is 5.91 Å². The molecule has 6 heteroatoms. The highest BCUT2D eigenvalue weighted by atomic mass is 32.1. The average molecular weight is 300 g/mol. The molecule has 0 bridgehead atoms. The van der Waals surface area contributed by atoms with Crippen molar-refractivity contribution < 1.29 is 4.79 Å². The van der Waals surface area contributed by atoms with Crippen LogP contribution in [0.5, 0.6) is 0 Å². The molecule has 2 aromatic heterocycles. The smallest absolute Gasteiger partial charge is 0.226 e. The highest BCUT2D eigenvalue weighted by molar-refractivity contribution is 7.09. The van der Waals surface area contributed by atoms with Gasteiger partial charge in [0.1, 0.15) is 5.82 Å². The summed E-state index contributed by atoms with van der Waals surface area (Å²) in [5.74, 6) is 0.811. The first-order valence-electron chi connectivity index (χ1n) is 6.71. The van der Waals surface area contributed by atoms with Gasteiger partial charge in [0, 0.05) is 12.4 Å². The van der Waals surface area contributed by atoms with Crippen LogP contribution in [0.3, 0.4) is 0 Å². The summed E-state index contributed by atoms with van der Waals surface area (Å²) >= 11 is 1.56. The fourth-order valence-electron chi connectivity index (χ4n) is 2.25. The Morgan fingerprint density at radius 1 is 1.33 bits per heavy atom. The van der Waals surface area contributed by atoms with Crippen molar-refractivity contribution in [1.29, 1.82) is 0 Å². The maximum absolute atomic E-state index is 11.9. The topological polar surface area (TPSA) is 59.8 Å². The minimum atomic E-state index is -0.0349. The summed E-state index contributed by atoms with van der Waals surface area (Å²) in [5, 5.41) is 5.80. The molecule has 1 N–H and O–H groups in total. The quantitative estimate of drug-likeness (QED) is 0.803. The van der Waals surface area contributed by atoms with E-state index in [1.54, 1.807) is 11.3 Å². The van der Waals surface area contributed by atoms with Crippen LogP contribution < -0.4 is 5.32 Å². The monoisotopic (exact) mass is 300 g/mol. The molecule has 3 aromatic rings. The summed E-state index contributed by atoms with van der Waals surface area (Å²) in [5.41, 5.74) is 2.83. The molecule has 0 aliphatic carbocycles. The number of thiazole rings is 1. The fraction of sp³-hybridized carbons (Fsp3) is 0.267. The summed E-state index contributed by atoms with van der Waals surface area (Å²) in [7, 11) is 1.96. The highest BCUT2D eigenvalue weighted by Gasteiger charge is 2.10. The van der Waals surface area contributed by atoms with Gasteiger partial charge in [-0.3, -0.25) is 4.79 Å². The normalized spacial score (nSPS) is 11.0. The number of rotatable bonds is 4. The van der Waals surface area contributed by atoms with Crippen molar-refractivity contribution in [3.63, 3.8) is 0 Å². The first-order valence-corrected chi connectivity index (χ1v) is 7.59. The lowest BCUT2D eigenvalue weighted by molar-refractivity contribution is -0.120. The van der Waals surface area contributed by atoms with Gasteiger partial charge >= 0.3 is 0 Å². The Morgan fingerprint density at radius 2 is 2.14 bits per heavy atom. The highest BCUT2D eigenvalue weighted by Crippen LogP contribution is 2.14. The van der Waals surface area contributed by atoms with Gasteiger partial charge in [-0.05, 0) is 19.1 Å². The van der Waals surface area contributed by atoms with Crippen molar-refractivity contribution in [2.45, 2.75) is 19.9 Å². The lowest BCUT2D eigenvalue weighted by Crippen LogP contribution is -2.26. The van der Waals surface area contributed by atoms with Crippen LogP contribution in [0.25, 0.3) is 11.0 Å². The predicted molar refractivity (Wildman–Crippen MR) is 83.1 cm³/mol. The Labute approximate surface area is 126 Å². The minimum Gasteiger partial charge on any atom is -0.349 e. The molecule has 0 saturated heterocycles. The van der Waals surface area contributed by atoms with Crippen LogP contribution in [0.4, 0.5) is 0 Å². The van der Waals surface area contributed by atoms with E-state index < -0.39 is 0 Å². The summed E-state index contributed by atoms with van der Waals surface area (Å²) < 4.78 is 2.00. The molecule has 21 heavy (non-hydrogen) atoms. The van der Waals surface area contributed by atoms with Gasteiger partial charge in [-0.1, -0.05) is 12.1 Å². The molecular weight excluding hydrogens is 284 g/mol. The predicted octanol–water partition coefficient (Wildman–Crippen LogP) is 2.20. The third kappa shape index (κ3) is 2.95. The summed E-state index contributed by atoms with van der Waals surface area (Å²) in [6, 6.07) is 7.93. The summed E-state index contributed by atoms with van der Waals surface area (Å²) in [6.45, 7) is 2.36. The van der Waals surface area contributed by atoms with E-state index in [9.17, 15) is 4.79 Å². The largest absolute Gasteiger partial charge is 0.349 e. The number of carbonyl (C=O) groups is 1. The zero-order valence-electron chi connectivity index (χ0n) is 12.0. The SMILES string of the molecule is Cc1nc(CC(=O)NCc2nc3ccccc3n2C)cs1. The van der Waals surface area contributed by atoms with E-state index in [1.807, 2.05) is 48.2 Å². The van der Waals surface area contributed by atoms with E-state index in [2.05, 4.69) is 15.3 Å². The second kappa shape index (κ2) is 5.65. The number of fused-ring (bicyclic) bond motifs is 1. The molecule has 0 aliphatic heterocycles. The number of hydrogen-bond donors (Lipinski definition) is 1. The number of benzene rings is 1. The maximum atomic E-state index is 11.9. The summed E-state index contributed by atoms with van der Waals surface area (Å²) in [6.07, 6.45) is 0.314. The molecule has 108 valence electrons. The van der Waals surface area contributed by atoms with Crippen molar-refractivity contribution >= 4 is 28.3 Å². The number of nitrogens with zero attached hydrogens (tertiary/aromatic N) is 3. The fourth-order valence-corrected chi connectivity index (χ4v) is 2.86. The van der Waals surface area contributed by atoms with E-state index in [0.29, 0.717) is 13.0 Å². The molecule has 0 unspecified atom stereocenters. The van der Waals surface area contributed by atoms with Crippen molar-refractivity contribution in [1.82, 2.24) is 19.9 Å². The van der Waals surface area contributed by atoms with E-state index in [1.165, 1.54) is 0 Å². The van der Waals surface area contributed by atoms with Crippen LogP contribution in [-0.2, 0) is 24.8 Å². The number of para-hydroxylation sites is 2. The minimum absolute atomic E-state index is 0.0349. The Morgan fingerprint density at radius 3 is 2.86 bits per heavy atom. The third-order valence-electron chi connectivity index (χ3n) is 3.33. The van der Waals surface area contributed by atoms with Gasteiger partial charge in [0.05, 0.1) is 34.7 Å². The maximum Gasteiger partial charge on any atom is 0.226 e. The molecule has 5 nitrogen and oxygen atoms in total. The van der Waals surface area contributed by atoms with Gasteiger partial charge in [0.25, 0.3) is 0 Å². The van der Waals surface area contributed by atoms with Crippen molar-refractivity contribution in [3.8, 4) is 0 Å². The second-order valence-electron chi connectivity index (χ2n) is 4.89.